The largest absolute Gasteiger partial charge is 0.478 e. The molecule has 5 nitrogen and oxygen atoms in total. The third kappa shape index (κ3) is 3.92. The van der Waals surface area contributed by atoms with E-state index in [2.05, 4.69) is 9.97 Å². The fraction of sp³-hybridized carbons (Fsp3) is 0.0714. The highest BCUT2D eigenvalue weighted by atomic mass is 16.5. The number of aliphatic carboxylic acids is 1. The fourth-order valence-corrected chi connectivity index (χ4v) is 1.40. The van der Waals surface area contributed by atoms with Crippen LogP contribution in [0.25, 0.3) is 6.08 Å². The molecule has 0 aliphatic rings. The van der Waals surface area contributed by atoms with Gasteiger partial charge in [-0.2, -0.15) is 0 Å². The molecule has 2 aromatic rings. The van der Waals surface area contributed by atoms with Gasteiger partial charge < -0.3 is 9.84 Å². The second-order valence-electron chi connectivity index (χ2n) is 3.86. The van der Waals surface area contributed by atoms with E-state index in [1.165, 1.54) is 6.08 Å². The lowest BCUT2D eigenvalue weighted by atomic mass is 10.2. The molecule has 0 aliphatic carbocycles. The standard InChI is InChI=1S/C14H12N2O3/c1-10-2-4-12(9-16-10)19-13-6-11(7-15-8-13)3-5-14(17)18/h2-9H,1H3,(H,17,18)/b5-3+. The van der Waals surface area contributed by atoms with E-state index in [1.54, 1.807) is 24.7 Å². The number of aromatic nitrogens is 2. The van der Waals surface area contributed by atoms with Crippen LogP contribution in [-0.4, -0.2) is 21.0 Å². The summed E-state index contributed by atoms with van der Waals surface area (Å²) in [5.41, 5.74) is 1.56. The molecule has 0 fully saturated rings. The molecule has 0 aromatic carbocycles. The van der Waals surface area contributed by atoms with Crippen molar-refractivity contribution >= 4 is 12.0 Å². The van der Waals surface area contributed by atoms with E-state index in [4.69, 9.17) is 9.84 Å². The van der Waals surface area contributed by atoms with Crippen molar-refractivity contribution < 1.29 is 14.6 Å². The highest BCUT2D eigenvalue weighted by Crippen LogP contribution is 2.20. The summed E-state index contributed by atoms with van der Waals surface area (Å²) in [7, 11) is 0. The number of pyridine rings is 2. The van der Waals surface area contributed by atoms with Gasteiger partial charge in [-0.3, -0.25) is 9.97 Å². The van der Waals surface area contributed by atoms with E-state index in [-0.39, 0.29) is 0 Å². The van der Waals surface area contributed by atoms with Gasteiger partial charge in [0, 0.05) is 18.0 Å². The summed E-state index contributed by atoms with van der Waals surface area (Å²) in [6.07, 6.45) is 7.23. The summed E-state index contributed by atoms with van der Waals surface area (Å²) in [5.74, 6) is 0.124. The number of carboxylic acid groups (broad SMARTS) is 1. The predicted molar refractivity (Wildman–Crippen MR) is 70.0 cm³/mol. The summed E-state index contributed by atoms with van der Waals surface area (Å²) >= 11 is 0. The van der Waals surface area contributed by atoms with Crippen LogP contribution in [0.15, 0.2) is 42.9 Å². The molecule has 0 saturated heterocycles. The number of rotatable bonds is 4. The first-order chi connectivity index (χ1) is 9.13. The van der Waals surface area contributed by atoms with Gasteiger partial charge in [0.05, 0.1) is 12.4 Å². The molecule has 0 aliphatic heterocycles. The van der Waals surface area contributed by atoms with Crippen molar-refractivity contribution in [1.29, 1.82) is 0 Å². The van der Waals surface area contributed by atoms with Gasteiger partial charge in [0.2, 0.25) is 0 Å². The molecule has 0 spiro atoms. The summed E-state index contributed by atoms with van der Waals surface area (Å²) in [5, 5.41) is 8.56. The van der Waals surface area contributed by atoms with Crippen LogP contribution in [0.4, 0.5) is 0 Å². The number of carbonyl (C=O) groups is 1. The number of carboxylic acids is 1. The fourth-order valence-electron chi connectivity index (χ4n) is 1.40. The number of aryl methyl sites for hydroxylation is 1. The van der Waals surface area contributed by atoms with Gasteiger partial charge in [-0.05, 0) is 36.8 Å². The maximum atomic E-state index is 10.4. The molecule has 0 unspecified atom stereocenters. The Bertz CT molecular complexity index is 606. The Morgan fingerprint density at radius 1 is 1.26 bits per heavy atom. The van der Waals surface area contributed by atoms with Crippen molar-refractivity contribution in [1.82, 2.24) is 9.97 Å². The Kier molecular flexibility index (Phi) is 3.87. The number of nitrogens with zero attached hydrogens (tertiary/aromatic N) is 2. The van der Waals surface area contributed by atoms with Crippen LogP contribution in [0.5, 0.6) is 11.5 Å². The summed E-state index contributed by atoms with van der Waals surface area (Å²) in [6, 6.07) is 5.35. The second kappa shape index (κ2) is 5.77. The van der Waals surface area contributed by atoms with E-state index in [0.717, 1.165) is 11.8 Å². The summed E-state index contributed by atoms with van der Waals surface area (Å²) in [6.45, 7) is 1.89. The topological polar surface area (TPSA) is 72.3 Å². The summed E-state index contributed by atoms with van der Waals surface area (Å²) < 4.78 is 5.57. The van der Waals surface area contributed by atoms with Crippen LogP contribution in [0, 0.1) is 6.92 Å². The van der Waals surface area contributed by atoms with E-state index in [1.807, 2.05) is 19.1 Å². The zero-order chi connectivity index (χ0) is 13.7. The molecule has 19 heavy (non-hydrogen) atoms. The quantitative estimate of drug-likeness (QED) is 0.851. The second-order valence-corrected chi connectivity index (χ2v) is 3.86. The molecule has 0 amide bonds. The first-order valence-corrected chi connectivity index (χ1v) is 5.60. The highest BCUT2D eigenvalue weighted by Gasteiger charge is 1.99. The van der Waals surface area contributed by atoms with E-state index in [0.29, 0.717) is 17.1 Å². The number of hydrogen-bond donors (Lipinski definition) is 1. The lowest BCUT2D eigenvalue weighted by Gasteiger charge is -2.05. The minimum Gasteiger partial charge on any atom is -0.478 e. The lowest BCUT2D eigenvalue weighted by molar-refractivity contribution is -0.131. The Balaban J connectivity index is 2.15. The molecule has 0 bridgehead atoms. The van der Waals surface area contributed by atoms with Crippen molar-refractivity contribution in [2.24, 2.45) is 0 Å². The Hall–Kier alpha value is -2.69. The van der Waals surface area contributed by atoms with Gasteiger partial charge in [0.25, 0.3) is 0 Å². The number of ether oxygens (including phenoxy) is 1. The van der Waals surface area contributed by atoms with Crippen molar-refractivity contribution in [3.05, 3.63) is 54.1 Å². The smallest absolute Gasteiger partial charge is 0.328 e. The van der Waals surface area contributed by atoms with Crippen LogP contribution in [-0.2, 0) is 4.79 Å². The average Bonchev–Trinajstić information content (AvgIpc) is 2.40. The van der Waals surface area contributed by atoms with Crippen molar-refractivity contribution in [3.8, 4) is 11.5 Å². The normalized spacial score (nSPS) is 10.6. The Labute approximate surface area is 110 Å². The van der Waals surface area contributed by atoms with Crippen LogP contribution >= 0.6 is 0 Å². The first kappa shape index (κ1) is 12.8. The van der Waals surface area contributed by atoms with Gasteiger partial charge in [-0.1, -0.05) is 0 Å². The molecule has 96 valence electrons. The molecule has 1 N–H and O–H groups in total. The van der Waals surface area contributed by atoms with Crippen LogP contribution in [0.3, 0.4) is 0 Å². The lowest BCUT2D eigenvalue weighted by Crippen LogP contribution is -1.89. The number of hydrogen-bond acceptors (Lipinski definition) is 4. The predicted octanol–water partition coefficient (Wildman–Crippen LogP) is 2.68. The molecule has 5 heteroatoms. The Morgan fingerprint density at radius 2 is 2.11 bits per heavy atom. The molecule has 0 saturated carbocycles. The van der Waals surface area contributed by atoms with Crippen molar-refractivity contribution in [2.75, 3.05) is 0 Å². The van der Waals surface area contributed by atoms with Crippen molar-refractivity contribution in [2.45, 2.75) is 6.92 Å². The van der Waals surface area contributed by atoms with Crippen molar-refractivity contribution in [3.63, 3.8) is 0 Å². The molecular formula is C14H12N2O3. The SMILES string of the molecule is Cc1ccc(Oc2cncc(/C=C/C(=O)O)c2)cn1. The highest BCUT2D eigenvalue weighted by molar-refractivity contribution is 5.85. The Morgan fingerprint density at radius 3 is 2.79 bits per heavy atom. The minimum atomic E-state index is -1.01. The third-order valence-corrected chi connectivity index (χ3v) is 2.27. The van der Waals surface area contributed by atoms with Gasteiger partial charge in [0.1, 0.15) is 11.5 Å². The van der Waals surface area contributed by atoms with Crippen LogP contribution in [0.2, 0.25) is 0 Å². The molecule has 2 aromatic heterocycles. The maximum absolute atomic E-state index is 10.4. The van der Waals surface area contributed by atoms with Gasteiger partial charge >= 0.3 is 5.97 Å². The van der Waals surface area contributed by atoms with Gasteiger partial charge in [-0.25, -0.2) is 4.79 Å². The monoisotopic (exact) mass is 256 g/mol. The average molecular weight is 256 g/mol. The molecule has 0 atom stereocenters. The molecular weight excluding hydrogens is 244 g/mol. The van der Waals surface area contributed by atoms with E-state index < -0.39 is 5.97 Å². The van der Waals surface area contributed by atoms with E-state index in [9.17, 15) is 4.79 Å². The van der Waals surface area contributed by atoms with Gasteiger partial charge in [0.15, 0.2) is 0 Å². The maximum Gasteiger partial charge on any atom is 0.328 e. The summed E-state index contributed by atoms with van der Waals surface area (Å²) in [4.78, 5) is 18.5. The molecule has 0 radical (unpaired) electrons. The van der Waals surface area contributed by atoms with Gasteiger partial charge in [-0.15, -0.1) is 0 Å². The van der Waals surface area contributed by atoms with E-state index >= 15 is 0 Å². The third-order valence-electron chi connectivity index (χ3n) is 2.27. The first-order valence-electron chi connectivity index (χ1n) is 5.60. The zero-order valence-corrected chi connectivity index (χ0v) is 10.3. The minimum absolute atomic E-state index is 0.526. The van der Waals surface area contributed by atoms with Crippen LogP contribution in [0.1, 0.15) is 11.3 Å². The molecule has 2 heterocycles. The zero-order valence-electron chi connectivity index (χ0n) is 10.3. The molecule has 2 rings (SSSR count). The van der Waals surface area contributed by atoms with Crippen LogP contribution < -0.4 is 4.74 Å².